The zero-order valence-electron chi connectivity index (χ0n) is 10.3. The van der Waals surface area contributed by atoms with Crippen molar-refractivity contribution in [3.8, 4) is 0 Å². The van der Waals surface area contributed by atoms with Crippen LogP contribution in [0.5, 0.6) is 0 Å². The lowest BCUT2D eigenvalue weighted by Gasteiger charge is -2.12. The highest BCUT2D eigenvalue weighted by Gasteiger charge is 2.18. The summed E-state index contributed by atoms with van der Waals surface area (Å²) in [6, 6.07) is 2.98. The van der Waals surface area contributed by atoms with Gasteiger partial charge in [0.1, 0.15) is 0 Å². The lowest BCUT2D eigenvalue weighted by atomic mass is 10.2. The van der Waals surface area contributed by atoms with Gasteiger partial charge < -0.3 is 4.98 Å². The van der Waals surface area contributed by atoms with Crippen molar-refractivity contribution in [1.82, 2.24) is 9.55 Å². The summed E-state index contributed by atoms with van der Waals surface area (Å²) >= 11 is 7.13. The first-order valence-electron chi connectivity index (χ1n) is 5.52. The fourth-order valence-corrected chi connectivity index (χ4v) is 2.87. The van der Waals surface area contributed by atoms with Crippen molar-refractivity contribution < 1.29 is 4.79 Å². The largest absolute Gasteiger partial charge is 0.328 e. The molecule has 100 valence electrons. The van der Waals surface area contributed by atoms with Crippen molar-refractivity contribution in [2.75, 3.05) is 0 Å². The highest BCUT2D eigenvalue weighted by Crippen LogP contribution is 2.27. The summed E-state index contributed by atoms with van der Waals surface area (Å²) < 4.78 is 1.60. The predicted octanol–water partition coefficient (Wildman–Crippen LogP) is 2.06. The second-order valence-corrected chi connectivity index (χ2v) is 5.80. The first-order chi connectivity index (χ1) is 8.91. The third-order valence-corrected chi connectivity index (χ3v) is 4.18. The Morgan fingerprint density at radius 2 is 2.11 bits per heavy atom. The van der Waals surface area contributed by atoms with Crippen LogP contribution < -0.4 is 11.2 Å². The number of H-pyrrole nitrogens is 1. The number of Topliss-reactive ketones (excluding diaryl/α,β-unsaturated/α-hetero) is 1. The van der Waals surface area contributed by atoms with E-state index in [1.165, 1.54) is 18.3 Å². The number of carbonyl (C=O) groups excluding carboxylic acids is 1. The normalized spacial score (nSPS) is 12.4. The minimum Gasteiger partial charge on any atom is -0.313 e. The van der Waals surface area contributed by atoms with E-state index in [0.29, 0.717) is 4.34 Å². The maximum absolute atomic E-state index is 12.1. The summed E-state index contributed by atoms with van der Waals surface area (Å²) in [5.74, 6) is -0.383. The third kappa shape index (κ3) is 2.54. The molecule has 0 fully saturated rings. The lowest BCUT2D eigenvalue weighted by Crippen LogP contribution is -2.39. The predicted molar refractivity (Wildman–Crippen MR) is 74.5 cm³/mol. The number of hydrogen-bond donors (Lipinski definition) is 1. The Hall–Kier alpha value is -1.66. The average Bonchev–Trinajstić information content (AvgIpc) is 2.75. The molecule has 0 spiro atoms. The van der Waals surface area contributed by atoms with Gasteiger partial charge in [0.05, 0.1) is 15.9 Å². The van der Waals surface area contributed by atoms with Crippen LogP contribution in [0.3, 0.4) is 0 Å². The van der Waals surface area contributed by atoms with Gasteiger partial charge in [0.2, 0.25) is 0 Å². The van der Waals surface area contributed by atoms with E-state index in [9.17, 15) is 14.4 Å². The molecule has 0 aliphatic rings. The van der Waals surface area contributed by atoms with E-state index in [1.54, 1.807) is 19.1 Å². The SMILES string of the molecule is CC(=O)c1c[nH]c(=O)n(C(C)c2ccc(Cl)s2)c1=O. The number of carbonyl (C=O) groups is 1. The molecule has 1 atom stereocenters. The number of thiophene rings is 1. The van der Waals surface area contributed by atoms with E-state index >= 15 is 0 Å². The first-order valence-corrected chi connectivity index (χ1v) is 6.71. The van der Waals surface area contributed by atoms with Gasteiger partial charge >= 0.3 is 5.69 Å². The summed E-state index contributed by atoms with van der Waals surface area (Å²) in [6.45, 7) is 2.99. The topological polar surface area (TPSA) is 71.9 Å². The Morgan fingerprint density at radius 3 is 2.63 bits per heavy atom. The van der Waals surface area contributed by atoms with Gasteiger partial charge in [0, 0.05) is 11.1 Å². The minimum absolute atomic E-state index is 0.0332. The van der Waals surface area contributed by atoms with Gasteiger partial charge in [0.15, 0.2) is 5.78 Å². The molecule has 0 bridgehead atoms. The van der Waals surface area contributed by atoms with Crippen LogP contribution in [0.2, 0.25) is 4.34 Å². The molecule has 2 aromatic rings. The van der Waals surface area contributed by atoms with Crippen molar-refractivity contribution in [3.63, 3.8) is 0 Å². The highest BCUT2D eigenvalue weighted by molar-refractivity contribution is 7.16. The van der Waals surface area contributed by atoms with Crippen LogP contribution in [0.1, 0.15) is 35.1 Å². The summed E-state index contributed by atoms with van der Waals surface area (Å²) in [7, 11) is 0. The van der Waals surface area contributed by atoms with Gasteiger partial charge in [-0.25, -0.2) is 4.79 Å². The smallest absolute Gasteiger partial charge is 0.313 e. The summed E-state index contributed by atoms with van der Waals surface area (Å²) in [5, 5.41) is 0. The number of halogens is 1. The third-order valence-electron chi connectivity index (χ3n) is 2.78. The molecule has 2 aromatic heterocycles. The van der Waals surface area contributed by atoms with Crippen LogP contribution in [0.25, 0.3) is 0 Å². The zero-order valence-corrected chi connectivity index (χ0v) is 11.8. The number of rotatable bonds is 3. The molecule has 0 aliphatic heterocycles. The molecule has 1 unspecified atom stereocenters. The van der Waals surface area contributed by atoms with E-state index in [4.69, 9.17) is 11.6 Å². The van der Waals surface area contributed by atoms with Crippen LogP contribution in [-0.2, 0) is 0 Å². The molecule has 0 aliphatic carbocycles. The molecular weight excluding hydrogens is 288 g/mol. The first kappa shape index (κ1) is 13.8. The Kier molecular flexibility index (Phi) is 3.73. The lowest BCUT2D eigenvalue weighted by molar-refractivity contribution is 0.101. The summed E-state index contributed by atoms with van der Waals surface area (Å²) in [5.41, 5.74) is -1.17. The second-order valence-electron chi connectivity index (χ2n) is 4.06. The molecule has 5 nitrogen and oxygen atoms in total. The van der Waals surface area contributed by atoms with Crippen LogP contribution in [0, 0.1) is 0 Å². The van der Waals surface area contributed by atoms with Crippen LogP contribution in [0.4, 0.5) is 0 Å². The molecule has 2 heterocycles. The van der Waals surface area contributed by atoms with Crippen molar-refractivity contribution in [2.45, 2.75) is 19.9 Å². The molecule has 0 saturated carbocycles. The van der Waals surface area contributed by atoms with E-state index in [0.717, 1.165) is 15.6 Å². The summed E-state index contributed by atoms with van der Waals surface area (Å²) in [4.78, 5) is 38.5. The van der Waals surface area contributed by atoms with Crippen molar-refractivity contribution in [2.24, 2.45) is 0 Å². The van der Waals surface area contributed by atoms with Gasteiger partial charge in [-0.05, 0) is 26.0 Å². The van der Waals surface area contributed by atoms with Gasteiger partial charge in [0.25, 0.3) is 5.56 Å². The van der Waals surface area contributed by atoms with Gasteiger partial charge in [-0.1, -0.05) is 11.6 Å². The average molecular weight is 299 g/mol. The Balaban J connectivity index is 2.62. The molecule has 2 rings (SSSR count). The molecule has 0 aromatic carbocycles. The quantitative estimate of drug-likeness (QED) is 0.882. The molecule has 19 heavy (non-hydrogen) atoms. The molecule has 1 N–H and O–H groups in total. The van der Waals surface area contributed by atoms with Crippen molar-refractivity contribution in [3.05, 3.63) is 53.9 Å². The number of ketones is 1. The number of aromatic amines is 1. The highest BCUT2D eigenvalue weighted by atomic mass is 35.5. The van der Waals surface area contributed by atoms with Gasteiger partial charge in [-0.15, -0.1) is 11.3 Å². The van der Waals surface area contributed by atoms with E-state index in [2.05, 4.69) is 4.98 Å². The monoisotopic (exact) mass is 298 g/mol. The summed E-state index contributed by atoms with van der Waals surface area (Å²) in [6.07, 6.45) is 1.15. The second kappa shape index (κ2) is 5.14. The number of nitrogens with one attached hydrogen (secondary N) is 1. The fraction of sp³-hybridized carbons (Fsp3) is 0.250. The maximum atomic E-state index is 12.1. The van der Waals surface area contributed by atoms with E-state index in [-0.39, 0.29) is 11.3 Å². The van der Waals surface area contributed by atoms with Crippen molar-refractivity contribution >= 4 is 28.7 Å². The maximum Gasteiger partial charge on any atom is 0.328 e. The Labute approximate surface area is 117 Å². The number of nitrogens with zero attached hydrogens (tertiary/aromatic N) is 1. The Bertz CT molecular complexity index is 744. The Morgan fingerprint density at radius 1 is 1.42 bits per heavy atom. The molecular formula is C12H11ClN2O3S. The molecule has 0 radical (unpaired) electrons. The number of hydrogen-bond acceptors (Lipinski definition) is 4. The minimum atomic E-state index is -0.590. The fourth-order valence-electron chi connectivity index (χ4n) is 1.77. The van der Waals surface area contributed by atoms with Crippen LogP contribution in [0.15, 0.2) is 27.9 Å². The molecule has 0 saturated heterocycles. The van der Waals surface area contributed by atoms with Crippen molar-refractivity contribution in [1.29, 1.82) is 0 Å². The number of aromatic nitrogens is 2. The standard InChI is InChI=1S/C12H11ClN2O3S/c1-6(9-3-4-10(13)19-9)15-11(17)8(7(2)16)5-14-12(15)18/h3-6H,1-2H3,(H,14,18). The molecule has 7 heteroatoms. The van der Waals surface area contributed by atoms with E-state index < -0.39 is 17.3 Å². The van der Waals surface area contributed by atoms with Gasteiger partial charge in [-0.2, -0.15) is 0 Å². The molecule has 0 amide bonds. The van der Waals surface area contributed by atoms with Crippen LogP contribution in [-0.4, -0.2) is 15.3 Å². The van der Waals surface area contributed by atoms with Crippen LogP contribution >= 0.6 is 22.9 Å². The van der Waals surface area contributed by atoms with Gasteiger partial charge in [-0.3, -0.25) is 14.2 Å². The zero-order chi connectivity index (χ0) is 14.2. The van der Waals surface area contributed by atoms with E-state index in [1.807, 2.05) is 0 Å².